The number of alkyl halides is 6. The number of hydrogen-bond donors (Lipinski definition) is 1. The zero-order valence-corrected chi connectivity index (χ0v) is 9.02. The first-order valence-electron chi connectivity index (χ1n) is 4.91. The minimum Gasteiger partial charge on any atom is -0.370 e. The molecule has 0 saturated carbocycles. The van der Waals surface area contributed by atoms with Crippen molar-refractivity contribution in [1.82, 2.24) is 0 Å². The highest BCUT2D eigenvalue weighted by atomic mass is 19.4. The van der Waals surface area contributed by atoms with Gasteiger partial charge in [-0.25, -0.2) is 0 Å². The Bertz CT molecular complexity index is 373. The van der Waals surface area contributed by atoms with Gasteiger partial charge in [0.2, 0.25) is 0 Å². The lowest BCUT2D eigenvalue weighted by Gasteiger charge is -2.34. The van der Waals surface area contributed by atoms with Gasteiger partial charge in [-0.2, -0.15) is 26.3 Å². The largest absolute Gasteiger partial charge is 0.430 e. The fraction of sp³-hybridized carbons (Fsp3) is 0.455. The normalized spacial score (nSPS) is 21.7. The van der Waals surface area contributed by atoms with Gasteiger partial charge in [-0.1, -0.05) is 24.3 Å². The average molecular weight is 272 g/mol. The molecule has 0 aliphatic heterocycles. The van der Waals surface area contributed by atoms with Crippen molar-refractivity contribution in [3.05, 3.63) is 36.5 Å². The molecule has 1 nitrogen and oxygen atoms in total. The lowest BCUT2D eigenvalue weighted by Crippen LogP contribution is -2.58. The molecule has 7 heteroatoms. The summed E-state index contributed by atoms with van der Waals surface area (Å²) in [6.07, 6.45) is -7.83. The van der Waals surface area contributed by atoms with E-state index >= 15 is 0 Å². The van der Waals surface area contributed by atoms with Gasteiger partial charge in [0.25, 0.3) is 5.60 Å². The molecule has 0 aromatic rings. The van der Waals surface area contributed by atoms with Gasteiger partial charge in [0.15, 0.2) is 0 Å². The molecule has 1 rings (SSSR count). The Kier molecular flexibility index (Phi) is 3.67. The Morgan fingerprint density at radius 3 is 1.94 bits per heavy atom. The van der Waals surface area contributed by atoms with Crippen LogP contribution in [0.25, 0.3) is 0 Å². The molecule has 102 valence electrons. The molecule has 0 bridgehead atoms. The second-order valence-electron chi connectivity index (χ2n) is 3.86. The maximum Gasteiger partial charge on any atom is 0.430 e. The zero-order chi connectivity index (χ0) is 14.2. The average Bonchev–Trinajstić information content (AvgIpc) is 2.25. The fourth-order valence-corrected chi connectivity index (χ4v) is 1.57. The molecule has 0 aromatic heterocycles. The van der Waals surface area contributed by atoms with Crippen LogP contribution in [0.15, 0.2) is 36.5 Å². The van der Waals surface area contributed by atoms with Gasteiger partial charge in [-0.3, -0.25) is 0 Å². The van der Waals surface area contributed by atoms with Crippen LogP contribution in [0.4, 0.5) is 26.3 Å². The van der Waals surface area contributed by atoms with Gasteiger partial charge in [-0.05, 0) is 17.9 Å². The van der Waals surface area contributed by atoms with Gasteiger partial charge in [-0.15, -0.1) is 6.58 Å². The van der Waals surface area contributed by atoms with Crippen LogP contribution in [0.5, 0.6) is 0 Å². The van der Waals surface area contributed by atoms with E-state index in [1.165, 1.54) is 6.08 Å². The van der Waals surface area contributed by atoms with E-state index in [9.17, 15) is 26.3 Å². The first kappa shape index (κ1) is 14.8. The number of aliphatic hydroxyl groups is 1. The highest BCUT2D eigenvalue weighted by molar-refractivity contribution is 5.36. The van der Waals surface area contributed by atoms with Crippen LogP contribution in [0.1, 0.15) is 6.42 Å². The molecule has 0 heterocycles. The van der Waals surface area contributed by atoms with Crippen LogP contribution in [0.2, 0.25) is 0 Å². The van der Waals surface area contributed by atoms with Crippen molar-refractivity contribution in [1.29, 1.82) is 0 Å². The molecular weight excluding hydrogens is 262 g/mol. The summed E-state index contributed by atoms with van der Waals surface area (Å²) in [6, 6.07) is 0. The summed E-state index contributed by atoms with van der Waals surface area (Å²) in [5.41, 5.74) is -6.04. The Hall–Kier alpha value is -1.24. The first-order chi connectivity index (χ1) is 8.04. The summed E-state index contributed by atoms with van der Waals surface area (Å²) in [5.74, 6) is -0.334. The van der Waals surface area contributed by atoms with Crippen molar-refractivity contribution in [2.75, 3.05) is 0 Å². The van der Waals surface area contributed by atoms with Crippen molar-refractivity contribution in [3.8, 4) is 0 Å². The third-order valence-corrected chi connectivity index (χ3v) is 2.67. The molecule has 0 amide bonds. The van der Waals surface area contributed by atoms with Crippen LogP contribution in [-0.4, -0.2) is 23.1 Å². The molecule has 0 fully saturated rings. The molecule has 0 aromatic carbocycles. The number of allylic oxidation sites excluding steroid dienone is 3. The summed E-state index contributed by atoms with van der Waals surface area (Å²) in [7, 11) is 0. The Balaban J connectivity index is 3.21. The molecule has 1 unspecified atom stereocenters. The number of rotatable bonds is 2. The van der Waals surface area contributed by atoms with Crippen molar-refractivity contribution in [2.45, 2.75) is 24.4 Å². The van der Waals surface area contributed by atoms with Gasteiger partial charge < -0.3 is 5.11 Å². The highest BCUT2D eigenvalue weighted by Gasteiger charge is 2.71. The van der Waals surface area contributed by atoms with E-state index < -0.39 is 23.5 Å². The molecular formula is C11H10F6O. The maximum atomic E-state index is 12.5. The number of halogens is 6. The highest BCUT2D eigenvalue weighted by Crippen LogP contribution is 2.48. The third-order valence-electron chi connectivity index (χ3n) is 2.67. The van der Waals surface area contributed by atoms with Gasteiger partial charge >= 0.3 is 12.4 Å². The SMILES string of the molecule is C=CC1C=CC(C(O)(C(F)(F)F)C(F)(F)F)=CC1. The molecule has 18 heavy (non-hydrogen) atoms. The molecule has 1 aliphatic rings. The standard InChI is InChI=1S/C11H10F6O/c1-2-7-3-5-8(6-4-7)9(18,10(12,13)14)11(15,16)17/h2-3,5-7,18H,1,4H2. The van der Waals surface area contributed by atoms with Crippen LogP contribution >= 0.6 is 0 Å². The molecule has 1 aliphatic carbocycles. The quantitative estimate of drug-likeness (QED) is 0.602. The van der Waals surface area contributed by atoms with Crippen LogP contribution in [0.3, 0.4) is 0 Å². The summed E-state index contributed by atoms with van der Waals surface area (Å²) >= 11 is 0. The summed E-state index contributed by atoms with van der Waals surface area (Å²) < 4.78 is 75.0. The van der Waals surface area contributed by atoms with E-state index in [1.807, 2.05) is 0 Å². The topological polar surface area (TPSA) is 20.2 Å². The summed E-state index contributed by atoms with van der Waals surface area (Å²) in [6.45, 7) is 3.38. The monoisotopic (exact) mass is 272 g/mol. The number of hydrogen-bond acceptors (Lipinski definition) is 1. The molecule has 0 saturated heterocycles. The Morgan fingerprint density at radius 1 is 1.17 bits per heavy atom. The Morgan fingerprint density at radius 2 is 1.67 bits per heavy atom. The van der Waals surface area contributed by atoms with E-state index in [1.54, 1.807) is 0 Å². The Labute approximate surface area is 99.1 Å². The summed E-state index contributed by atoms with van der Waals surface area (Å²) in [5, 5.41) is 9.07. The summed E-state index contributed by atoms with van der Waals surface area (Å²) in [4.78, 5) is 0. The second-order valence-corrected chi connectivity index (χ2v) is 3.86. The van der Waals surface area contributed by atoms with Crippen molar-refractivity contribution >= 4 is 0 Å². The van der Waals surface area contributed by atoms with Gasteiger partial charge in [0, 0.05) is 0 Å². The molecule has 0 radical (unpaired) electrons. The second kappa shape index (κ2) is 4.46. The van der Waals surface area contributed by atoms with Gasteiger partial charge in [0.05, 0.1) is 0 Å². The molecule has 1 atom stereocenters. The first-order valence-corrected chi connectivity index (χ1v) is 4.91. The van der Waals surface area contributed by atoms with Crippen molar-refractivity contribution in [2.24, 2.45) is 5.92 Å². The van der Waals surface area contributed by atoms with Crippen molar-refractivity contribution < 1.29 is 31.4 Å². The minimum atomic E-state index is -5.83. The van der Waals surface area contributed by atoms with E-state index in [0.29, 0.717) is 6.08 Å². The van der Waals surface area contributed by atoms with Gasteiger partial charge in [0.1, 0.15) is 0 Å². The minimum absolute atomic E-state index is 0.0657. The van der Waals surface area contributed by atoms with Crippen molar-refractivity contribution in [3.63, 3.8) is 0 Å². The maximum absolute atomic E-state index is 12.5. The van der Waals surface area contributed by atoms with E-state index in [0.717, 1.165) is 12.2 Å². The third kappa shape index (κ3) is 2.31. The fourth-order valence-electron chi connectivity index (χ4n) is 1.57. The zero-order valence-electron chi connectivity index (χ0n) is 9.02. The predicted octanol–water partition coefficient (Wildman–Crippen LogP) is 3.53. The lowest BCUT2D eigenvalue weighted by molar-refractivity contribution is -0.351. The molecule has 0 spiro atoms. The van der Waals surface area contributed by atoms with Crippen LogP contribution < -0.4 is 0 Å². The van der Waals surface area contributed by atoms with E-state index in [4.69, 9.17) is 5.11 Å². The smallest absolute Gasteiger partial charge is 0.370 e. The molecule has 1 N–H and O–H groups in total. The van der Waals surface area contributed by atoms with Crippen LogP contribution in [0, 0.1) is 5.92 Å². The van der Waals surface area contributed by atoms with E-state index in [-0.39, 0.29) is 12.3 Å². The van der Waals surface area contributed by atoms with E-state index in [2.05, 4.69) is 6.58 Å². The lowest BCUT2D eigenvalue weighted by atomic mass is 9.85. The van der Waals surface area contributed by atoms with Crippen LogP contribution in [-0.2, 0) is 0 Å². The predicted molar refractivity (Wildman–Crippen MR) is 52.6 cm³/mol.